The number of hydrogen-bond donors (Lipinski definition) is 3. The number of carbonyl (C=O) groups excluding carboxylic acids is 1. The van der Waals surface area contributed by atoms with Gasteiger partial charge in [-0.15, -0.1) is 0 Å². The number of amides is 1. The van der Waals surface area contributed by atoms with E-state index in [9.17, 15) is 15.0 Å². The van der Waals surface area contributed by atoms with Gasteiger partial charge in [-0.2, -0.15) is 0 Å². The summed E-state index contributed by atoms with van der Waals surface area (Å²) in [6, 6.07) is 7.48. The fourth-order valence-electron chi connectivity index (χ4n) is 2.26. The smallest absolute Gasteiger partial charge is 0.211 e. The molecule has 1 aliphatic carbocycles. The second-order valence-corrected chi connectivity index (χ2v) is 4.12. The van der Waals surface area contributed by atoms with Crippen molar-refractivity contribution in [3.63, 3.8) is 0 Å². The van der Waals surface area contributed by atoms with Gasteiger partial charge in [0, 0.05) is 18.5 Å². The molecule has 0 saturated carbocycles. The minimum absolute atomic E-state index is 0.193. The Balaban J connectivity index is 2.32. The predicted molar refractivity (Wildman–Crippen MR) is 63.1 cm³/mol. The summed E-state index contributed by atoms with van der Waals surface area (Å²) in [4.78, 5) is 10.2. The predicted octanol–water partition coefficient (Wildman–Crippen LogP) is 0.828. The molecule has 1 amide bonds. The molecule has 3 unspecified atom stereocenters. The molecule has 1 aliphatic rings. The Kier molecular flexibility index (Phi) is 3.56. The highest BCUT2D eigenvalue weighted by Crippen LogP contribution is 2.38. The van der Waals surface area contributed by atoms with Crippen molar-refractivity contribution >= 4 is 6.41 Å². The van der Waals surface area contributed by atoms with Gasteiger partial charge in [-0.3, -0.25) is 4.79 Å². The lowest BCUT2D eigenvalue weighted by molar-refractivity contribution is -0.108. The van der Waals surface area contributed by atoms with Gasteiger partial charge in [0.15, 0.2) is 0 Å². The Morgan fingerprint density at radius 2 is 1.94 bits per heavy atom. The summed E-state index contributed by atoms with van der Waals surface area (Å²) >= 11 is 0. The number of aliphatic hydroxyl groups is 2. The van der Waals surface area contributed by atoms with Crippen LogP contribution in [-0.2, 0) is 4.79 Å². The van der Waals surface area contributed by atoms with Gasteiger partial charge in [-0.1, -0.05) is 30.3 Å². The molecular formula is C13H15NO3. The molecule has 0 aliphatic heterocycles. The topological polar surface area (TPSA) is 69.6 Å². The highest BCUT2D eigenvalue weighted by Gasteiger charge is 2.30. The van der Waals surface area contributed by atoms with Crippen molar-refractivity contribution in [3.05, 3.63) is 47.7 Å². The van der Waals surface area contributed by atoms with Crippen LogP contribution in [0.3, 0.4) is 0 Å². The molecule has 1 aromatic rings. The maximum absolute atomic E-state index is 10.2. The zero-order chi connectivity index (χ0) is 12.3. The average molecular weight is 233 g/mol. The van der Waals surface area contributed by atoms with E-state index in [1.165, 1.54) is 6.20 Å². The van der Waals surface area contributed by atoms with Crippen LogP contribution in [0.4, 0.5) is 0 Å². The Bertz CT molecular complexity index is 430. The van der Waals surface area contributed by atoms with Crippen molar-refractivity contribution in [2.24, 2.45) is 0 Å². The minimum atomic E-state index is -0.635. The largest absolute Gasteiger partial charge is 0.392 e. The molecule has 2 rings (SSSR count). The Morgan fingerprint density at radius 1 is 1.24 bits per heavy atom. The molecule has 0 spiro atoms. The first kappa shape index (κ1) is 11.8. The van der Waals surface area contributed by atoms with Crippen LogP contribution in [0.15, 0.2) is 36.5 Å². The van der Waals surface area contributed by atoms with Crippen molar-refractivity contribution in [2.75, 3.05) is 0 Å². The molecule has 0 heterocycles. The van der Waals surface area contributed by atoms with Crippen molar-refractivity contribution in [1.29, 1.82) is 0 Å². The van der Waals surface area contributed by atoms with Gasteiger partial charge in [0.2, 0.25) is 6.41 Å². The highest BCUT2D eigenvalue weighted by molar-refractivity contribution is 5.48. The number of hydrogen-bond acceptors (Lipinski definition) is 3. The lowest BCUT2D eigenvalue weighted by Gasteiger charge is -2.31. The molecule has 3 atom stereocenters. The van der Waals surface area contributed by atoms with E-state index in [2.05, 4.69) is 5.32 Å². The van der Waals surface area contributed by atoms with Crippen LogP contribution in [0.25, 0.3) is 0 Å². The van der Waals surface area contributed by atoms with Gasteiger partial charge in [0.25, 0.3) is 0 Å². The van der Waals surface area contributed by atoms with E-state index >= 15 is 0 Å². The van der Waals surface area contributed by atoms with Crippen molar-refractivity contribution < 1.29 is 15.0 Å². The molecule has 1 aromatic carbocycles. The first-order valence-corrected chi connectivity index (χ1v) is 5.55. The summed E-state index contributed by atoms with van der Waals surface area (Å²) in [7, 11) is 0. The zero-order valence-corrected chi connectivity index (χ0v) is 9.28. The summed E-state index contributed by atoms with van der Waals surface area (Å²) in [5, 5.41) is 22.2. The fourth-order valence-corrected chi connectivity index (χ4v) is 2.26. The van der Waals surface area contributed by atoms with E-state index in [0.717, 1.165) is 11.1 Å². The van der Waals surface area contributed by atoms with Gasteiger partial charge < -0.3 is 15.5 Å². The van der Waals surface area contributed by atoms with Gasteiger partial charge in [0.1, 0.15) is 0 Å². The molecular weight excluding hydrogens is 218 g/mol. The third-order valence-corrected chi connectivity index (χ3v) is 3.06. The minimum Gasteiger partial charge on any atom is -0.392 e. The van der Waals surface area contributed by atoms with E-state index < -0.39 is 12.2 Å². The first-order valence-electron chi connectivity index (χ1n) is 5.55. The number of benzene rings is 1. The van der Waals surface area contributed by atoms with Crippen LogP contribution in [0, 0.1) is 0 Å². The van der Waals surface area contributed by atoms with E-state index in [4.69, 9.17) is 0 Å². The molecule has 4 heteroatoms. The van der Waals surface area contributed by atoms with E-state index in [1.54, 1.807) is 6.08 Å². The van der Waals surface area contributed by atoms with Crippen molar-refractivity contribution in [3.8, 4) is 0 Å². The maximum atomic E-state index is 10.2. The summed E-state index contributed by atoms with van der Waals surface area (Å²) < 4.78 is 0. The second-order valence-electron chi connectivity index (χ2n) is 4.12. The van der Waals surface area contributed by atoms with Gasteiger partial charge >= 0.3 is 0 Å². The van der Waals surface area contributed by atoms with Crippen LogP contribution < -0.4 is 5.32 Å². The van der Waals surface area contributed by atoms with Crippen molar-refractivity contribution in [2.45, 2.75) is 24.5 Å². The zero-order valence-electron chi connectivity index (χ0n) is 9.28. The Labute approximate surface area is 99.6 Å². The van der Waals surface area contributed by atoms with Gasteiger partial charge in [-0.05, 0) is 11.1 Å². The van der Waals surface area contributed by atoms with E-state index in [-0.39, 0.29) is 5.92 Å². The third kappa shape index (κ3) is 2.38. The van der Waals surface area contributed by atoms with Gasteiger partial charge in [0.05, 0.1) is 12.2 Å². The van der Waals surface area contributed by atoms with E-state index in [1.807, 2.05) is 24.3 Å². The molecule has 0 bridgehead atoms. The molecule has 0 fully saturated rings. The molecule has 0 saturated heterocycles. The number of nitrogens with one attached hydrogen (secondary N) is 1. The lowest BCUT2D eigenvalue weighted by atomic mass is 9.79. The Morgan fingerprint density at radius 3 is 2.65 bits per heavy atom. The standard InChI is InChI=1S/C13H15NO3/c15-8-14-6-5-11-9-3-1-2-4-10(9)12(16)7-13(11)17/h1-6,8,11-13,16-17H,7H2,(H,14,15). The monoisotopic (exact) mass is 233 g/mol. The van der Waals surface area contributed by atoms with Crippen molar-refractivity contribution in [1.82, 2.24) is 5.32 Å². The first-order chi connectivity index (χ1) is 8.24. The molecule has 3 N–H and O–H groups in total. The molecule has 4 nitrogen and oxygen atoms in total. The van der Waals surface area contributed by atoms with Crippen LogP contribution in [0.1, 0.15) is 29.6 Å². The number of rotatable bonds is 3. The maximum Gasteiger partial charge on any atom is 0.211 e. The molecule has 90 valence electrons. The van der Waals surface area contributed by atoms with Gasteiger partial charge in [-0.25, -0.2) is 0 Å². The lowest BCUT2D eigenvalue weighted by Crippen LogP contribution is -2.27. The molecule has 17 heavy (non-hydrogen) atoms. The van der Waals surface area contributed by atoms with Crippen LogP contribution in [0.2, 0.25) is 0 Å². The van der Waals surface area contributed by atoms with Crippen LogP contribution in [-0.4, -0.2) is 22.7 Å². The second kappa shape index (κ2) is 5.12. The number of fused-ring (bicyclic) bond motifs is 1. The number of aliphatic hydroxyl groups excluding tert-OH is 2. The molecule has 0 aromatic heterocycles. The Hall–Kier alpha value is -1.65. The SMILES string of the molecule is O=CNC=CC1c2ccccc2C(O)CC1O. The number of carbonyl (C=O) groups is 1. The fraction of sp³-hybridized carbons (Fsp3) is 0.308. The third-order valence-electron chi connectivity index (χ3n) is 3.06. The highest BCUT2D eigenvalue weighted by atomic mass is 16.3. The average Bonchev–Trinajstić information content (AvgIpc) is 2.33. The normalized spacial score (nSPS) is 27.8. The molecule has 0 radical (unpaired) electrons. The summed E-state index contributed by atoms with van der Waals surface area (Å²) in [5.41, 5.74) is 1.75. The van der Waals surface area contributed by atoms with E-state index in [0.29, 0.717) is 12.8 Å². The summed E-state index contributed by atoms with van der Waals surface area (Å²) in [6.07, 6.45) is 2.88. The summed E-state index contributed by atoms with van der Waals surface area (Å²) in [6.45, 7) is 0. The summed E-state index contributed by atoms with van der Waals surface area (Å²) in [5.74, 6) is -0.193. The van der Waals surface area contributed by atoms with Crippen LogP contribution >= 0.6 is 0 Å². The quantitative estimate of drug-likeness (QED) is 0.677. The van der Waals surface area contributed by atoms with Crippen LogP contribution in [0.5, 0.6) is 0 Å².